The molecule has 0 saturated carbocycles. The molecule has 0 unspecified atom stereocenters. The second-order valence-electron chi connectivity index (χ2n) is 14.3. The van der Waals surface area contributed by atoms with Gasteiger partial charge in [0.15, 0.2) is 0 Å². The van der Waals surface area contributed by atoms with Crippen molar-refractivity contribution in [3.05, 3.63) is 170 Å². The van der Waals surface area contributed by atoms with Gasteiger partial charge in [0.25, 0.3) is 0 Å². The molecule has 0 aliphatic carbocycles. The van der Waals surface area contributed by atoms with Crippen molar-refractivity contribution >= 4 is 53.2 Å². The number of hydrogen-bond donors (Lipinski definition) is 0. The van der Waals surface area contributed by atoms with Crippen molar-refractivity contribution in [3.8, 4) is 44.9 Å². The van der Waals surface area contributed by atoms with Crippen molar-refractivity contribution in [2.24, 2.45) is 0 Å². The predicted octanol–water partition coefficient (Wildman–Crippen LogP) is 15.8. The summed E-state index contributed by atoms with van der Waals surface area (Å²) >= 11 is 1.36. The third-order valence-corrected chi connectivity index (χ3v) is 10.0. The molecule has 0 bridgehead atoms. The molecular formula is C50H54Cl2O2SiZr-4. The molecule has 2 nitrogen and oxygen atoms in total. The summed E-state index contributed by atoms with van der Waals surface area (Å²) < 4.78 is 11.7. The normalized spacial score (nSPS) is 10.4. The van der Waals surface area contributed by atoms with Gasteiger partial charge < -0.3 is 23.7 Å². The monoisotopic (exact) mass is 874 g/mol. The summed E-state index contributed by atoms with van der Waals surface area (Å²) in [4.78, 5) is 0. The number of furan rings is 2. The first kappa shape index (κ1) is 48.5. The van der Waals surface area contributed by atoms with E-state index in [4.69, 9.17) is 8.83 Å². The van der Waals surface area contributed by atoms with Gasteiger partial charge in [0.2, 0.25) is 0 Å². The molecule has 6 aromatic carbocycles. The van der Waals surface area contributed by atoms with Gasteiger partial charge in [-0.25, -0.2) is 0 Å². The summed E-state index contributed by atoms with van der Waals surface area (Å²) in [5.74, 6) is 4.77. The molecule has 2 heterocycles. The van der Waals surface area contributed by atoms with Gasteiger partial charge in [0.1, 0.15) is 0 Å². The van der Waals surface area contributed by atoms with Crippen LogP contribution in [0.4, 0.5) is 0 Å². The fraction of sp³-hybridized carbons (Fsp3) is 0.200. The second kappa shape index (κ2) is 21.2. The summed E-state index contributed by atoms with van der Waals surface area (Å²) in [7, 11) is 0. The molecule has 292 valence electrons. The average molecular weight is 877 g/mol. The second-order valence-corrected chi connectivity index (χ2v) is 14.3. The van der Waals surface area contributed by atoms with E-state index >= 15 is 0 Å². The maximum atomic E-state index is 5.85. The summed E-state index contributed by atoms with van der Waals surface area (Å²) in [5.41, 5.74) is 13.1. The van der Waals surface area contributed by atoms with Crippen molar-refractivity contribution < 1.29 is 32.2 Å². The van der Waals surface area contributed by atoms with Gasteiger partial charge in [-0.15, -0.1) is 82.8 Å². The number of halogens is 2. The third-order valence-electron chi connectivity index (χ3n) is 10.0. The Labute approximate surface area is 364 Å². The molecule has 0 atom stereocenters. The summed E-state index contributed by atoms with van der Waals surface area (Å²) in [5, 5.41) is 5.18. The van der Waals surface area contributed by atoms with Crippen LogP contribution in [0.2, 0.25) is 0 Å². The van der Waals surface area contributed by atoms with Crippen LogP contribution in [-0.4, -0.2) is 6.88 Å². The zero-order chi connectivity index (χ0) is 37.1. The van der Waals surface area contributed by atoms with Gasteiger partial charge in [-0.05, 0) is 86.1 Å². The van der Waals surface area contributed by atoms with Gasteiger partial charge in [-0.3, -0.25) is 0 Å². The van der Waals surface area contributed by atoms with E-state index in [1.807, 2.05) is 26.0 Å². The zero-order valence-electron chi connectivity index (χ0n) is 34.3. The van der Waals surface area contributed by atoms with E-state index in [9.17, 15) is 0 Å². The first-order chi connectivity index (χ1) is 25.1. The van der Waals surface area contributed by atoms with Crippen LogP contribution < -0.4 is 0 Å². The molecule has 0 saturated heterocycles. The molecule has 6 heteroatoms. The molecule has 0 spiro atoms. The van der Waals surface area contributed by atoms with Crippen molar-refractivity contribution in [1.29, 1.82) is 0 Å². The summed E-state index contributed by atoms with van der Waals surface area (Å²) in [6, 6.07) is 43.3. The Kier molecular flexibility index (Phi) is 18.4. The Morgan fingerprint density at radius 1 is 0.500 bits per heavy atom. The van der Waals surface area contributed by atoms with Crippen molar-refractivity contribution in [2.75, 3.05) is 0 Å². The van der Waals surface area contributed by atoms with Gasteiger partial charge in [0.05, 0.1) is 23.0 Å². The minimum atomic E-state index is 0. The van der Waals surface area contributed by atoms with Crippen LogP contribution in [0, 0.1) is 42.5 Å². The van der Waals surface area contributed by atoms with Crippen LogP contribution in [0.5, 0.6) is 0 Å². The van der Waals surface area contributed by atoms with Crippen LogP contribution in [0.15, 0.2) is 130 Å². The quantitative estimate of drug-likeness (QED) is 0.123. The Balaban J connectivity index is 0.000000347. The SMILES string of the molecule is Cc1ccc(-c2cc3c(-c4ccccc4)c(C)c(C(C)C)cc3[cH-]2)o1.Cc1ccc(-c2cc3c(-c4ccccc4)c(C)c(C(C)C)cc3[cH-]2)o1.Cl.Cl.[CH3-].[CH3-].[Si]=[Zr]. The molecule has 0 aliphatic rings. The van der Waals surface area contributed by atoms with E-state index < -0.39 is 0 Å². The Morgan fingerprint density at radius 2 is 0.839 bits per heavy atom. The fourth-order valence-corrected chi connectivity index (χ4v) is 7.58. The number of aryl methyl sites for hydroxylation is 2. The van der Waals surface area contributed by atoms with Crippen molar-refractivity contribution in [2.45, 2.75) is 67.2 Å². The Morgan fingerprint density at radius 3 is 1.12 bits per heavy atom. The van der Waals surface area contributed by atoms with Crippen LogP contribution in [0.3, 0.4) is 0 Å². The molecule has 0 amide bonds. The van der Waals surface area contributed by atoms with Crippen LogP contribution in [0.25, 0.3) is 66.4 Å². The Hall–Kier alpha value is -3.66. The van der Waals surface area contributed by atoms with E-state index in [2.05, 4.69) is 158 Å². The molecular weight excluding hydrogens is 823 g/mol. The molecule has 8 aromatic rings. The van der Waals surface area contributed by atoms with Crippen molar-refractivity contribution in [3.63, 3.8) is 0 Å². The molecule has 0 N–H and O–H groups in total. The number of hydrogen-bond acceptors (Lipinski definition) is 2. The van der Waals surface area contributed by atoms with Gasteiger partial charge >= 0.3 is 30.2 Å². The predicted molar refractivity (Wildman–Crippen MR) is 246 cm³/mol. The standard InChI is InChI=1S/2C24H23O.2CH3.2ClH.Si.Zr/c2*1-15(2)21-13-19-12-20(23-11-10-16(3)25-23)14-22(19)24(17(21)4)18-8-6-5-7-9-18;;;;;;/h2*5-15H,1-4H3;2*1H3;2*1H;;/q4*-1;;;;. The van der Waals surface area contributed by atoms with E-state index in [0.717, 1.165) is 34.2 Å². The topological polar surface area (TPSA) is 26.3 Å². The molecule has 2 aromatic heterocycles. The first-order valence-electron chi connectivity index (χ1n) is 18.1. The van der Waals surface area contributed by atoms with Crippen molar-refractivity contribution in [1.82, 2.24) is 0 Å². The fourth-order valence-electron chi connectivity index (χ4n) is 7.58. The molecule has 0 fully saturated rings. The summed E-state index contributed by atoms with van der Waals surface area (Å²) in [6.45, 7) is 20.6. The maximum absolute atomic E-state index is 5.85. The zero-order valence-corrected chi connectivity index (χ0v) is 39.4. The summed E-state index contributed by atoms with van der Waals surface area (Å²) in [6.07, 6.45) is 0. The number of benzene rings is 4. The van der Waals surface area contributed by atoms with E-state index in [-0.39, 0.29) is 39.7 Å². The Bertz CT molecular complexity index is 2270. The third kappa shape index (κ3) is 10.1. The van der Waals surface area contributed by atoms with Crippen LogP contribution >= 0.6 is 24.8 Å². The molecule has 2 radical (unpaired) electrons. The molecule has 56 heavy (non-hydrogen) atoms. The van der Waals surface area contributed by atoms with E-state index in [0.29, 0.717) is 11.8 Å². The molecule has 8 rings (SSSR count). The number of rotatable bonds is 6. The number of fused-ring (bicyclic) bond motifs is 2. The average Bonchev–Trinajstić information content (AvgIpc) is 3.96. The van der Waals surface area contributed by atoms with E-state index in [1.54, 1.807) is 0 Å². The molecule has 0 aliphatic heterocycles. The minimum absolute atomic E-state index is 0. The van der Waals surface area contributed by atoms with E-state index in [1.165, 1.54) is 89.4 Å². The van der Waals surface area contributed by atoms with Crippen LogP contribution in [-0.2, 0) is 23.3 Å². The van der Waals surface area contributed by atoms with Gasteiger partial charge in [-0.1, -0.05) is 122 Å². The van der Waals surface area contributed by atoms with Gasteiger partial charge in [-0.2, -0.15) is 0 Å². The first-order valence-corrected chi connectivity index (χ1v) is 22.2. The van der Waals surface area contributed by atoms with Gasteiger partial charge in [0, 0.05) is 0 Å². The van der Waals surface area contributed by atoms with Crippen LogP contribution in [0.1, 0.15) is 73.3 Å².